The first kappa shape index (κ1) is 21.2. The number of aryl methyl sites for hydroxylation is 1. The van der Waals surface area contributed by atoms with E-state index in [1.807, 2.05) is 61.5 Å². The van der Waals surface area contributed by atoms with Crippen molar-refractivity contribution in [3.05, 3.63) is 72.1 Å². The van der Waals surface area contributed by atoms with Crippen molar-refractivity contribution < 1.29 is 19.8 Å². The number of carboxylic acids is 2. The topological polar surface area (TPSA) is 106 Å². The number of aromatic amines is 2. The molecule has 0 saturated heterocycles. The van der Waals surface area contributed by atoms with Crippen LogP contribution in [-0.4, -0.2) is 32.1 Å². The average Bonchev–Trinajstić information content (AvgIpc) is 3.31. The molecule has 4 aromatic rings. The molecule has 0 fully saturated rings. The number of carboxylic acid groups (broad SMARTS) is 2. The second-order valence-electron chi connectivity index (χ2n) is 7.24. The molecule has 1 atom stereocenters. The van der Waals surface area contributed by atoms with E-state index in [9.17, 15) is 9.59 Å². The molecule has 0 amide bonds. The smallest absolute Gasteiger partial charge is 0.312 e. The second kappa shape index (κ2) is 9.78. The van der Waals surface area contributed by atoms with Gasteiger partial charge in [0.2, 0.25) is 0 Å². The summed E-state index contributed by atoms with van der Waals surface area (Å²) in [5.41, 5.74) is 4.00. The van der Waals surface area contributed by atoms with Gasteiger partial charge in [-0.3, -0.25) is 9.59 Å². The monoisotopic (exact) mass is 406 g/mol. The van der Waals surface area contributed by atoms with Crippen LogP contribution in [0.4, 0.5) is 0 Å². The predicted molar refractivity (Wildman–Crippen MR) is 118 cm³/mol. The van der Waals surface area contributed by atoms with Crippen LogP contribution in [0.5, 0.6) is 0 Å². The van der Waals surface area contributed by atoms with E-state index < -0.39 is 17.9 Å². The van der Waals surface area contributed by atoms with E-state index in [1.165, 1.54) is 5.39 Å². The maximum Gasteiger partial charge on any atom is 0.312 e. The van der Waals surface area contributed by atoms with Gasteiger partial charge in [-0.15, -0.1) is 0 Å². The van der Waals surface area contributed by atoms with E-state index in [1.54, 1.807) is 0 Å². The number of benzene rings is 2. The van der Waals surface area contributed by atoms with Crippen molar-refractivity contribution in [3.8, 4) is 0 Å². The van der Waals surface area contributed by atoms with Crippen LogP contribution in [-0.2, 0) is 16.0 Å². The molecule has 0 aliphatic heterocycles. The molecule has 0 saturated carbocycles. The van der Waals surface area contributed by atoms with E-state index in [0.29, 0.717) is 12.8 Å². The third kappa shape index (κ3) is 5.29. The zero-order valence-electron chi connectivity index (χ0n) is 16.9. The Kier molecular flexibility index (Phi) is 6.91. The Morgan fingerprint density at radius 3 is 2.03 bits per heavy atom. The van der Waals surface area contributed by atoms with Crippen molar-refractivity contribution in [1.82, 2.24) is 9.97 Å². The van der Waals surface area contributed by atoms with Crippen LogP contribution in [0.3, 0.4) is 0 Å². The van der Waals surface area contributed by atoms with Crippen LogP contribution in [0.2, 0.25) is 0 Å². The Morgan fingerprint density at radius 2 is 1.50 bits per heavy atom. The van der Waals surface area contributed by atoms with Crippen LogP contribution in [0.1, 0.15) is 43.5 Å². The Bertz CT molecular complexity index is 1080. The van der Waals surface area contributed by atoms with Crippen molar-refractivity contribution in [3.63, 3.8) is 0 Å². The summed E-state index contributed by atoms with van der Waals surface area (Å²) >= 11 is 0. The normalized spacial score (nSPS) is 11.8. The molecule has 0 spiro atoms. The molecule has 6 heteroatoms. The van der Waals surface area contributed by atoms with Gasteiger partial charge in [-0.1, -0.05) is 43.3 Å². The molecule has 0 aliphatic rings. The van der Waals surface area contributed by atoms with Crippen molar-refractivity contribution in [1.29, 1.82) is 0 Å². The van der Waals surface area contributed by atoms with E-state index in [0.717, 1.165) is 34.2 Å². The minimum absolute atomic E-state index is 0.232. The number of rotatable bonds is 7. The van der Waals surface area contributed by atoms with Crippen molar-refractivity contribution in [2.75, 3.05) is 0 Å². The van der Waals surface area contributed by atoms with Gasteiger partial charge in [0, 0.05) is 28.8 Å². The molecule has 4 N–H and O–H groups in total. The van der Waals surface area contributed by atoms with Gasteiger partial charge in [-0.25, -0.2) is 0 Å². The minimum Gasteiger partial charge on any atom is -0.481 e. The van der Waals surface area contributed by atoms with Crippen LogP contribution in [0.15, 0.2) is 60.7 Å². The number of aromatic nitrogens is 2. The first-order chi connectivity index (χ1) is 14.5. The number of H-pyrrole nitrogens is 2. The van der Waals surface area contributed by atoms with Gasteiger partial charge >= 0.3 is 11.9 Å². The van der Waals surface area contributed by atoms with E-state index in [4.69, 9.17) is 10.2 Å². The number of hydrogen-bond acceptors (Lipinski definition) is 2. The van der Waals surface area contributed by atoms with Gasteiger partial charge < -0.3 is 20.2 Å². The largest absolute Gasteiger partial charge is 0.481 e. The quantitative estimate of drug-likeness (QED) is 0.333. The molecule has 0 radical (unpaired) electrons. The zero-order chi connectivity index (χ0) is 21.5. The van der Waals surface area contributed by atoms with Gasteiger partial charge in [0.1, 0.15) is 0 Å². The summed E-state index contributed by atoms with van der Waals surface area (Å²) < 4.78 is 0. The molecule has 1 unspecified atom stereocenters. The summed E-state index contributed by atoms with van der Waals surface area (Å²) in [6, 6.07) is 19.9. The summed E-state index contributed by atoms with van der Waals surface area (Å²) in [4.78, 5) is 27.8. The van der Waals surface area contributed by atoms with E-state index in [2.05, 4.69) is 16.0 Å². The van der Waals surface area contributed by atoms with Gasteiger partial charge in [-0.2, -0.15) is 0 Å². The fourth-order valence-corrected chi connectivity index (χ4v) is 3.51. The first-order valence-corrected chi connectivity index (χ1v) is 10.1. The molecule has 2 aromatic carbocycles. The van der Waals surface area contributed by atoms with Crippen LogP contribution < -0.4 is 0 Å². The van der Waals surface area contributed by atoms with Gasteiger partial charge in [0.05, 0.1) is 5.92 Å². The number of hydrogen-bond donors (Lipinski definition) is 4. The van der Waals surface area contributed by atoms with Crippen LogP contribution in [0, 0.1) is 0 Å². The summed E-state index contributed by atoms with van der Waals surface area (Å²) in [7, 11) is 0. The number of carbonyl (C=O) groups is 2. The third-order valence-electron chi connectivity index (χ3n) is 5.06. The fraction of sp³-hybridized carbons (Fsp3) is 0.250. The van der Waals surface area contributed by atoms with Gasteiger partial charge in [0.25, 0.3) is 0 Å². The number of aliphatic carboxylic acids is 2. The highest BCUT2D eigenvalue weighted by molar-refractivity contribution is 5.84. The lowest BCUT2D eigenvalue weighted by Gasteiger charge is -2.06. The highest BCUT2D eigenvalue weighted by Gasteiger charge is 2.19. The Labute approximate surface area is 174 Å². The van der Waals surface area contributed by atoms with Crippen molar-refractivity contribution in [2.24, 2.45) is 0 Å². The molecule has 4 rings (SSSR count). The standard InChI is InChI=1S/2C12H13NO2/c1-2-9(12(14)15)11-7-8-5-3-4-6-10(8)13-11;14-12(15)7-3-5-10-8-9-4-1-2-6-11(9)13-10/h3-7,9,13H,2H2,1H3,(H,14,15);1-2,4,6,8,13H,3,5,7H2,(H,14,15). The molecule has 6 nitrogen and oxygen atoms in total. The predicted octanol–water partition coefficient (Wildman–Crippen LogP) is 5.32. The van der Waals surface area contributed by atoms with E-state index >= 15 is 0 Å². The maximum atomic E-state index is 11.0. The first-order valence-electron chi connectivity index (χ1n) is 10.1. The lowest BCUT2D eigenvalue weighted by molar-refractivity contribution is -0.139. The maximum absolute atomic E-state index is 11.0. The number of para-hydroxylation sites is 2. The Morgan fingerprint density at radius 1 is 0.900 bits per heavy atom. The summed E-state index contributed by atoms with van der Waals surface area (Å²) in [6.45, 7) is 1.88. The lowest BCUT2D eigenvalue weighted by Crippen LogP contribution is -2.10. The minimum atomic E-state index is -0.774. The molecule has 0 aliphatic carbocycles. The Hall–Kier alpha value is -3.54. The van der Waals surface area contributed by atoms with Crippen LogP contribution >= 0.6 is 0 Å². The molecule has 2 heterocycles. The highest BCUT2D eigenvalue weighted by Crippen LogP contribution is 2.23. The van der Waals surface area contributed by atoms with Gasteiger partial charge in [0.15, 0.2) is 0 Å². The molecular formula is C24H26N2O4. The van der Waals surface area contributed by atoms with E-state index in [-0.39, 0.29) is 6.42 Å². The number of fused-ring (bicyclic) bond motifs is 2. The lowest BCUT2D eigenvalue weighted by atomic mass is 10.0. The third-order valence-corrected chi connectivity index (χ3v) is 5.06. The van der Waals surface area contributed by atoms with Crippen LogP contribution in [0.25, 0.3) is 21.8 Å². The summed E-state index contributed by atoms with van der Waals surface area (Å²) in [5, 5.41) is 19.8. The fourth-order valence-electron chi connectivity index (χ4n) is 3.51. The zero-order valence-corrected chi connectivity index (χ0v) is 16.9. The molecule has 156 valence electrons. The van der Waals surface area contributed by atoms with Crippen molar-refractivity contribution in [2.45, 2.75) is 38.5 Å². The SMILES string of the molecule is CCC(C(=O)O)c1cc2ccccc2[nH]1.O=C(O)CCCc1cc2ccccc2[nH]1. The second-order valence-corrected chi connectivity index (χ2v) is 7.24. The average molecular weight is 406 g/mol. The van der Waals surface area contributed by atoms with Gasteiger partial charge in [-0.05, 0) is 54.3 Å². The van der Waals surface area contributed by atoms with Crippen molar-refractivity contribution >= 4 is 33.7 Å². The highest BCUT2D eigenvalue weighted by atomic mass is 16.4. The summed E-state index contributed by atoms with van der Waals surface area (Å²) in [6.07, 6.45) is 2.31. The molecule has 30 heavy (non-hydrogen) atoms. The molecule has 2 aromatic heterocycles. The molecular weight excluding hydrogens is 380 g/mol. The summed E-state index contributed by atoms with van der Waals surface area (Å²) in [5.74, 6) is -1.94. The molecule has 0 bridgehead atoms. The Balaban J connectivity index is 0.000000171. The number of nitrogens with one attached hydrogen (secondary N) is 2.